The molecule has 2 aromatic carbocycles. The molecular formula is C20H19FN4O4S. The zero-order valence-corrected chi connectivity index (χ0v) is 17.1. The number of nitrogens with one attached hydrogen (secondary N) is 2. The number of hydrogen-bond donors (Lipinski definition) is 2. The zero-order chi connectivity index (χ0) is 21.5. The molecule has 0 saturated carbocycles. The lowest BCUT2D eigenvalue weighted by Crippen LogP contribution is -2.24. The van der Waals surface area contributed by atoms with E-state index in [-0.39, 0.29) is 23.9 Å². The van der Waals surface area contributed by atoms with E-state index >= 15 is 0 Å². The first-order valence-electron chi connectivity index (χ1n) is 8.85. The molecule has 0 aliphatic rings. The maximum atomic E-state index is 12.9. The highest BCUT2D eigenvalue weighted by atomic mass is 32.1. The van der Waals surface area contributed by atoms with E-state index in [1.807, 2.05) is 0 Å². The normalized spacial score (nSPS) is 10.4. The molecule has 1 heterocycles. The summed E-state index contributed by atoms with van der Waals surface area (Å²) in [6.07, 6.45) is 0.150. The summed E-state index contributed by atoms with van der Waals surface area (Å²) in [5.41, 5.74) is 1.21. The molecule has 8 nitrogen and oxygen atoms in total. The predicted molar refractivity (Wildman–Crippen MR) is 109 cm³/mol. The summed E-state index contributed by atoms with van der Waals surface area (Å²) in [5, 5.41) is 13.7. The van der Waals surface area contributed by atoms with Gasteiger partial charge in [0.2, 0.25) is 10.9 Å². The van der Waals surface area contributed by atoms with Crippen molar-refractivity contribution in [3.05, 3.63) is 63.9 Å². The van der Waals surface area contributed by atoms with Gasteiger partial charge in [-0.3, -0.25) is 9.59 Å². The van der Waals surface area contributed by atoms with Gasteiger partial charge < -0.3 is 20.1 Å². The first kappa shape index (κ1) is 21.2. The minimum absolute atomic E-state index is 0.142. The number of rotatable bonds is 8. The summed E-state index contributed by atoms with van der Waals surface area (Å²) in [5.74, 6) is 0.0671. The van der Waals surface area contributed by atoms with Gasteiger partial charge in [0.1, 0.15) is 10.8 Å². The van der Waals surface area contributed by atoms with Crippen molar-refractivity contribution < 1.29 is 23.5 Å². The fourth-order valence-corrected chi connectivity index (χ4v) is 3.22. The average Bonchev–Trinajstić information content (AvgIpc) is 3.23. The third kappa shape index (κ3) is 5.51. The molecule has 156 valence electrons. The van der Waals surface area contributed by atoms with Crippen LogP contribution in [0.2, 0.25) is 0 Å². The minimum atomic E-state index is -0.456. The van der Waals surface area contributed by atoms with Crippen molar-refractivity contribution in [2.45, 2.75) is 13.0 Å². The third-order valence-electron chi connectivity index (χ3n) is 4.01. The summed E-state index contributed by atoms with van der Waals surface area (Å²) in [6, 6.07) is 10.6. The Bertz CT molecular complexity index is 1040. The maximum Gasteiger partial charge on any atom is 0.286 e. The Labute approximate surface area is 176 Å². The van der Waals surface area contributed by atoms with E-state index < -0.39 is 11.7 Å². The van der Waals surface area contributed by atoms with Gasteiger partial charge >= 0.3 is 0 Å². The van der Waals surface area contributed by atoms with E-state index in [0.29, 0.717) is 22.2 Å². The summed E-state index contributed by atoms with van der Waals surface area (Å²) in [7, 11) is 3.07. The highest BCUT2D eigenvalue weighted by Crippen LogP contribution is 2.27. The molecule has 30 heavy (non-hydrogen) atoms. The number of aromatic nitrogens is 2. The van der Waals surface area contributed by atoms with Gasteiger partial charge in [0.15, 0.2) is 11.5 Å². The number of amides is 2. The monoisotopic (exact) mass is 430 g/mol. The van der Waals surface area contributed by atoms with Gasteiger partial charge in [-0.1, -0.05) is 17.4 Å². The van der Waals surface area contributed by atoms with E-state index in [2.05, 4.69) is 20.8 Å². The van der Waals surface area contributed by atoms with E-state index in [1.54, 1.807) is 25.3 Å². The molecule has 2 amide bonds. The van der Waals surface area contributed by atoms with Crippen LogP contribution in [0.3, 0.4) is 0 Å². The lowest BCUT2D eigenvalue weighted by molar-refractivity contribution is -0.120. The Kier molecular flexibility index (Phi) is 6.91. The van der Waals surface area contributed by atoms with Crippen LogP contribution in [-0.2, 0) is 17.8 Å². The topological polar surface area (TPSA) is 102 Å². The van der Waals surface area contributed by atoms with Gasteiger partial charge in [-0.2, -0.15) is 0 Å². The van der Waals surface area contributed by atoms with Crippen LogP contribution in [0.25, 0.3) is 0 Å². The lowest BCUT2D eigenvalue weighted by Gasteiger charge is -2.09. The first-order valence-corrected chi connectivity index (χ1v) is 9.67. The Balaban J connectivity index is 1.52. The third-order valence-corrected chi connectivity index (χ3v) is 4.93. The molecule has 0 atom stereocenters. The zero-order valence-electron chi connectivity index (χ0n) is 16.3. The second kappa shape index (κ2) is 9.79. The van der Waals surface area contributed by atoms with Crippen molar-refractivity contribution in [3.63, 3.8) is 0 Å². The molecule has 1 aromatic heterocycles. The Hall–Kier alpha value is -3.53. The molecule has 10 heteroatoms. The Morgan fingerprint density at radius 1 is 1.03 bits per heavy atom. The summed E-state index contributed by atoms with van der Waals surface area (Å²) in [6.45, 7) is 0.146. The molecular weight excluding hydrogens is 411 g/mol. The smallest absolute Gasteiger partial charge is 0.286 e. The standard InChI is InChI=1S/C20H19FN4O4S/c1-28-15-8-3-12(9-16(15)29-2)10-17(26)22-11-18-24-25-20(30-18)19(27)23-14-6-4-13(21)5-7-14/h3-9H,10-11H2,1-2H3,(H,22,26)(H,23,27). The summed E-state index contributed by atoms with van der Waals surface area (Å²) in [4.78, 5) is 24.4. The molecule has 3 aromatic rings. The Morgan fingerprint density at radius 3 is 2.47 bits per heavy atom. The fourth-order valence-electron chi connectivity index (χ4n) is 2.55. The number of methoxy groups -OCH3 is 2. The highest BCUT2D eigenvalue weighted by Gasteiger charge is 2.14. The van der Waals surface area contributed by atoms with Gasteiger partial charge in [-0.25, -0.2) is 4.39 Å². The number of ether oxygens (including phenoxy) is 2. The van der Waals surface area contributed by atoms with Gasteiger partial charge in [0, 0.05) is 5.69 Å². The first-order chi connectivity index (χ1) is 14.5. The number of nitrogens with zero attached hydrogens (tertiary/aromatic N) is 2. The quantitative estimate of drug-likeness (QED) is 0.570. The number of anilines is 1. The van der Waals surface area contributed by atoms with E-state index in [1.165, 1.54) is 31.4 Å². The molecule has 0 fully saturated rings. The fraction of sp³-hybridized carbons (Fsp3) is 0.200. The van der Waals surface area contributed by atoms with Gasteiger partial charge in [-0.05, 0) is 42.0 Å². The minimum Gasteiger partial charge on any atom is -0.493 e. The molecule has 0 radical (unpaired) electrons. The van der Waals surface area contributed by atoms with Crippen LogP contribution in [0.1, 0.15) is 20.4 Å². The van der Waals surface area contributed by atoms with Crippen LogP contribution >= 0.6 is 11.3 Å². The van der Waals surface area contributed by atoms with Crippen LogP contribution in [0.5, 0.6) is 11.5 Å². The number of benzene rings is 2. The summed E-state index contributed by atoms with van der Waals surface area (Å²) >= 11 is 1.06. The number of hydrogen-bond acceptors (Lipinski definition) is 7. The van der Waals surface area contributed by atoms with Crippen molar-refractivity contribution in [2.24, 2.45) is 0 Å². The summed E-state index contributed by atoms with van der Waals surface area (Å²) < 4.78 is 23.3. The highest BCUT2D eigenvalue weighted by molar-refractivity contribution is 7.13. The van der Waals surface area contributed by atoms with Crippen LogP contribution in [0, 0.1) is 5.82 Å². The molecule has 0 aliphatic carbocycles. The second-order valence-electron chi connectivity index (χ2n) is 6.10. The Morgan fingerprint density at radius 2 is 1.77 bits per heavy atom. The number of carbonyl (C=O) groups excluding carboxylic acids is 2. The van der Waals surface area contributed by atoms with E-state index in [4.69, 9.17) is 9.47 Å². The second-order valence-corrected chi connectivity index (χ2v) is 7.17. The van der Waals surface area contributed by atoms with Gasteiger partial charge in [-0.15, -0.1) is 10.2 Å². The molecule has 2 N–H and O–H groups in total. The molecule has 0 bridgehead atoms. The van der Waals surface area contributed by atoms with Gasteiger partial charge in [0.25, 0.3) is 5.91 Å². The number of carbonyl (C=O) groups is 2. The lowest BCUT2D eigenvalue weighted by atomic mass is 10.1. The van der Waals surface area contributed by atoms with Crippen molar-refractivity contribution in [1.82, 2.24) is 15.5 Å². The van der Waals surface area contributed by atoms with Crippen molar-refractivity contribution in [2.75, 3.05) is 19.5 Å². The predicted octanol–water partition coefficient (Wildman–Crippen LogP) is 2.81. The molecule has 0 unspecified atom stereocenters. The van der Waals surface area contributed by atoms with Gasteiger partial charge in [0.05, 0.1) is 27.2 Å². The van der Waals surface area contributed by atoms with Crippen molar-refractivity contribution >= 4 is 28.8 Å². The molecule has 3 rings (SSSR count). The van der Waals surface area contributed by atoms with Crippen molar-refractivity contribution in [1.29, 1.82) is 0 Å². The molecule has 0 spiro atoms. The number of halogens is 1. The van der Waals surface area contributed by atoms with E-state index in [0.717, 1.165) is 16.9 Å². The van der Waals surface area contributed by atoms with Crippen LogP contribution in [-0.4, -0.2) is 36.2 Å². The van der Waals surface area contributed by atoms with E-state index in [9.17, 15) is 14.0 Å². The largest absolute Gasteiger partial charge is 0.493 e. The van der Waals surface area contributed by atoms with Crippen LogP contribution in [0.4, 0.5) is 10.1 Å². The SMILES string of the molecule is COc1ccc(CC(=O)NCc2nnc(C(=O)Nc3ccc(F)cc3)s2)cc1OC. The molecule has 0 saturated heterocycles. The van der Waals surface area contributed by atoms with Crippen LogP contribution in [0.15, 0.2) is 42.5 Å². The maximum absolute atomic E-state index is 12.9. The molecule has 0 aliphatic heterocycles. The van der Waals surface area contributed by atoms with Crippen molar-refractivity contribution in [3.8, 4) is 11.5 Å². The average molecular weight is 430 g/mol. The van der Waals surface area contributed by atoms with Crippen LogP contribution < -0.4 is 20.1 Å².